The first-order chi connectivity index (χ1) is 15.5. The van der Waals surface area contributed by atoms with Crippen molar-refractivity contribution in [3.05, 3.63) is 78.1 Å². The number of carboxylic acid groups (broad SMARTS) is 1. The highest BCUT2D eigenvalue weighted by Gasteiger charge is 2.17. The summed E-state index contributed by atoms with van der Waals surface area (Å²) in [5, 5.41) is 15.0. The number of carbonyl (C=O) groups excluding carboxylic acids is 1. The SMILES string of the molecule is C[C@@H](CC(=O)O)c1ncccc1NC(=O)Cc1ccc2nc(Nc3ccccc3)oc2c1. The summed E-state index contributed by atoms with van der Waals surface area (Å²) in [5.74, 6) is -1.48. The third kappa shape index (κ3) is 5.10. The van der Waals surface area contributed by atoms with E-state index in [9.17, 15) is 9.59 Å². The maximum Gasteiger partial charge on any atom is 0.304 e. The van der Waals surface area contributed by atoms with E-state index >= 15 is 0 Å². The van der Waals surface area contributed by atoms with Gasteiger partial charge in [-0.2, -0.15) is 4.98 Å². The molecule has 1 atom stereocenters. The van der Waals surface area contributed by atoms with E-state index < -0.39 is 5.97 Å². The van der Waals surface area contributed by atoms with Crippen molar-refractivity contribution in [1.82, 2.24) is 9.97 Å². The van der Waals surface area contributed by atoms with Gasteiger partial charge in [-0.3, -0.25) is 14.6 Å². The topological polar surface area (TPSA) is 117 Å². The molecule has 162 valence electrons. The standard InChI is InChI=1S/C24H22N4O4/c1-15(12-22(30)31)23-19(8-5-11-25-23)27-21(29)14-16-9-10-18-20(13-16)32-24(28-18)26-17-6-3-2-4-7-17/h2-11,13,15H,12,14H2,1H3,(H,26,28)(H,27,29)(H,30,31)/t15-/m0/s1. The molecular formula is C24H22N4O4. The Kier molecular flexibility index (Phi) is 6.12. The molecule has 0 fully saturated rings. The molecule has 2 heterocycles. The second-order valence-corrected chi connectivity index (χ2v) is 7.47. The minimum atomic E-state index is -0.915. The van der Waals surface area contributed by atoms with Gasteiger partial charge in [-0.25, -0.2) is 0 Å². The number of aromatic nitrogens is 2. The number of fused-ring (bicyclic) bond motifs is 1. The molecule has 32 heavy (non-hydrogen) atoms. The summed E-state index contributed by atoms with van der Waals surface area (Å²) in [6, 6.07) is 18.8. The van der Waals surface area contributed by atoms with E-state index in [0.29, 0.717) is 28.5 Å². The number of carboxylic acids is 1. The lowest BCUT2D eigenvalue weighted by molar-refractivity contribution is -0.137. The predicted octanol–water partition coefficient (Wildman–Crippen LogP) is 4.73. The van der Waals surface area contributed by atoms with Gasteiger partial charge in [-0.15, -0.1) is 0 Å². The van der Waals surface area contributed by atoms with E-state index in [1.807, 2.05) is 42.5 Å². The highest BCUT2D eigenvalue weighted by molar-refractivity contribution is 5.93. The number of carbonyl (C=O) groups is 2. The number of nitrogens with zero attached hydrogens (tertiary/aromatic N) is 2. The van der Waals surface area contributed by atoms with Crippen molar-refractivity contribution in [1.29, 1.82) is 0 Å². The molecular weight excluding hydrogens is 408 g/mol. The number of hydrogen-bond donors (Lipinski definition) is 3. The zero-order valence-corrected chi connectivity index (χ0v) is 17.4. The second kappa shape index (κ2) is 9.30. The highest BCUT2D eigenvalue weighted by Crippen LogP contribution is 2.26. The zero-order chi connectivity index (χ0) is 22.5. The summed E-state index contributed by atoms with van der Waals surface area (Å²) in [6.07, 6.45) is 1.64. The van der Waals surface area contributed by atoms with E-state index in [0.717, 1.165) is 11.3 Å². The number of amides is 1. The van der Waals surface area contributed by atoms with Crippen molar-refractivity contribution in [2.24, 2.45) is 0 Å². The maximum absolute atomic E-state index is 12.6. The molecule has 8 heteroatoms. The average Bonchev–Trinajstić information content (AvgIpc) is 3.15. The molecule has 0 unspecified atom stereocenters. The minimum absolute atomic E-state index is 0.0681. The lowest BCUT2D eigenvalue weighted by atomic mass is 10.0. The fourth-order valence-electron chi connectivity index (χ4n) is 3.43. The van der Waals surface area contributed by atoms with Crippen LogP contribution in [0.5, 0.6) is 0 Å². The van der Waals surface area contributed by atoms with E-state index in [4.69, 9.17) is 9.52 Å². The first kappa shape index (κ1) is 21.0. The smallest absolute Gasteiger partial charge is 0.304 e. The molecule has 3 N–H and O–H groups in total. The summed E-state index contributed by atoms with van der Waals surface area (Å²) in [4.78, 5) is 32.4. The van der Waals surface area contributed by atoms with E-state index in [2.05, 4.69) is 20.6 Å². The van der Waals surface area contributed by atoms with Gasteiger partial charge in [0, 0.05) is 17.8 Å². The first-order valence-corrected chi connectivity index (χ1v) is 10.2. The van der Waals surface area contributed by atoms with Crippen LogP contribution >= 0.6 is 0 Å². The molecule has 0 radical (unpaired) electrons. The molecule has 0 bridgehead atoms. The molecule has 4 aromatic rings. The molecule has 0 aliphatic heterocycles. The normalized spacial score (nSPS) is 11.8. The molecule has 1 amide bonds. The van der Waals surface area contributed by atoms with Crippen molar-refractivity contribution < 1.29 is 19.1 Å². The van der Waals surface area contributed by atoms with Crippen molar-refractivity contribution in [2.45, 2.75) is 25.7 Å². The Bertz CT molecular complexity index is 1250. The average molecular weight is 430 g/mol. The third-order valence-corrected chi connectivity index (χ3v) is 4.90. The van der Waals surface area contributed by atoms with Crippen molar-refractivity contribution in [3.8, 4) is 0 Å². The lowest BCUT2D eigenvalue weighted by Crippen LogP contribution is -2.17. The van der Waals surface area contributed by atoms with Crippen LogP contribution in [-0.2, 0) is 16.0 Å². The number of pyridine rings is 1. The van der Waals surface area contributed by atoms with Crippen LogP contribution in [0.2, 0.25) is 0 Å². The summed E-state index contributed by atoms with van der Waals surface area (Å²) in [7, 11) is 0. The van der Waals surface area contributed by atoms with Crippen LogP contribution in [0, 0.1) is 0 Å². The molecule has 0 spiro atoms. The fourth-order valence-corrected chi connectivity index (χ4v) is 3.43. The molecule has 0 saturated heterocycles. The molecule has 0 saturated carbocycles. The highest BCUT2D eigenvalue weighted by atomic mass is 16.4. The zero-order valence-electron chi connectivity index (χ0n) is 17.4. The van der Waals surface area contributed by atoms with Crippen LogP contribution in [0.15, 0.2) is 71.3 Å². The van der Waals surface area contributed by atoms with Crippen molar-refractivity contribution in [2.75, 3.05) is 10.6 Å². The summed E-state index contributed by atoms with van der Waals surface area (Å²) in [6.45, 7) is 1.77. The van der Waals surface area contributed by atoms with Crippen LogP contribution in [0.1, 0.15) is 30.5 Å². The number of para-hydroxylation sites is 1. The van der Waals surface area contributed by atoms with Gasteiger partial charge >= 0.3 is 5.97 Å². The van der Waals surface area contributed by atoms with Gasteiger partial charge in [-0.1, -0.05) is 31.2 Å². The predicted molar refractivity (Wildman–Crippen MR) is 121 cm³/mol. The Labute approximate surface area is 184 Å². The molecule has 2 aromatic heterocycles. The van der Waals surface area contributed by atoms with Crippen LogP contribution in [-0.4, -0.2) is 27.0 Å². The largest absolute Gasteiger partial charge is 0.481 e. The number of benzene rings is 2. The molecule has 0 aliphatic rings. The number of oxazole rings is 1. The van der Waals surface area contributed by atoms with Crippen LogP contribution in [0.3, 0.4) is 0 Å². The van der Waals surface area contributed by atoms with Crippen LogP contribution in [0.4, 0.5) is 17.4 Å². The Morgan fingerprint density at radius 1 is 1.09 bits per heavy atom. The molecule has 2 aromatic carbocycles. The van der Waals surface area contributed by atoms with E-state index in [1.165, 1.54) is 0 Å². The van der Waals surface area contributed by atoms with Gasteiger partial charge in [0.2, 0.25) is 5.91 Å². The van der Waals surface area contributed by atoms with Gasteiger partial charge in [0.05, 0.1) is 24.2 Å². The van der Waals surface area contributed by atoms with Gasteiger partial charge < -0.3 is 20.2 Å². The van der Waals surface area contributed by atoms with E-state index in [-0.39, 0.29) is 24.7 Å². The Morgan fingerprint density at radius 2 is 1.91 bits per heavy atom. The van der Waals surface area contributed by atoms with Crippen LogP contribution in [0.25, 0.3) is 11.1 Å². The Morgan fingerprint density at radius 3 is 2.69 bits per heavy atom. The summed E-state index contributed by atoms with van der Waals surface area (Å²) in [5.41, 5.74) is 3.95. The van der Waals surface area contributed by atoms with Gasteiger partial charge in [0.25, 0.3) is 6.01 Å². The fraction of sp³-hybridized carbons (Fsp3) is 0.167. The lowest BCUT2D eigenvalue weighted by Gasteiger charge is -2.14. The van der Waals surface area contributed by atoms with E-state index in [1.54, 1.807) is 31.3 Å². The monoisotopic (exact) mass is 430 g/mol. The number of anilines is 3. The number of hydrogen-bond acceptors (Lipinski definition) is 6. The quantitative estimate of drug-likeness (QED) is 0.370. The summed E-state index contributed by atoms with van der Waals surface area (Å²) >= 11 is 0. The Hall–Kier alpha value is -4.20. The van der Waals surface area contributed by atoms with Crippen molar-refractivity contribution >= 4 is 40.4 Å². The van der Waals surface area contributed by atoms with Crippen LogP contribution < -0.4 is 10.6 Å². The number of nitrogens with one attached hydrogen (secondary N) is 2. The minimum Gasteiger partial charge on any atom is -0.481 e. The number of rotatable bonds is 8. The molecule has 8 nitrogen and oxygen atoms in total. The van der Waals surface area contributed by atoms with Gasteiger partial charge in [0.1, 0.15) is 5.52 Å². The van der Waals surface area contributed by atoms with Crippen molar-refractivity contribution in [3.63, 3.8) is 0 Å². The third-order valence-electron chi connectivity index (χ3n) is 4.90. The first-order valence-electron chi connectivity index (χ1n) is 10.2. The maximum atomic E-state index is 12.6. The van der Waals surface area contributed by atoms with Gasteiger partial charge in [0.15, 0.2) is 5.58 Å². The molecule has 4 rings (SSSR count). The molecule has 0 aliphatic carbocycles. The second-order valence-electron chi connectivity index (χ2n) is 7.47. The Balaban J connectivity index is 1.46. The van der Waals surface area contributed by atoms with Gasteiger partial charge in [-0.05, 0) is 42.0 Å². The number of aliphatic carboxylic acids is 1. The summed E-state index contributed by atoms with van der Waals surface area (Å²) < 4.78 is 5.78.